The van der Waals surface area contributed by atoms with Crippen LogP contribution >= 0.6 is 31.7 Å². The van der Waals surface area contributed by atoms with Crippen LogP contribution in [0.1, 0.15) is 24.9 Å². The van der Waals surface area contributed by atoms with Gasteiger partial charge in [-0.15, -0.1) is 9.42 Å². The number of aliphatic hydroxyl groups excluding tert-OH is 5. The average Bonchev–Trinajstić information content (AvgIpc) is 4.34. The Morgan fingerprint density at radius 3 is 1.46 bits per heavy atom. The first-order valence-electron chi connectivity index (χ1n) is 23.5. The van der Waals surface area contributed by atoms with Gasteiger partial charge < -0.3 is 70.6 Å². The molecule has 4 aliphatic rings. The lowest BCUT2D eigenvalue weighted by Crippen LogP contribution is -2.39. The number of phosphoric acid groups is 3. The van der Waals surface area contributed by atoms with Crippen molar-refractivity contribution in [3.05, 3.63) is 106 Å². The summed E-state index contributed by atoms with van der Waals surface area (Å²) in [5.74, 6) is -0.780. The number of aromatic amines is 3. The second-order valence-corrected chi connectivity index (χ2v) is 23.1. The van der Waals surface area contributed by atoms with E-state index in [1.807, 2.05) is 9.97 Å². The lowest BCUT2D eigenvalue weighted by Gasteiger charge is -2.26. The molecule has 5 aromatic heterocycles. The van der Waals surface area contributed by atoms with Crippen molar-refractivity contribution < 1.29 is 114 Å². The standard InChI is InChI=1S/C37H46N12O30P4/c38-16-1-4-46(35(58)41-16)31-23(55)26(78-81(63,64)70-8-12-20(52)21(53)30(73-12)47-5-2-17(50)42-36(47)59)14(75-31)9-71-83(67,68)79-27-15(76-33(24(27)56)49-11-40-19-28(49)44-34(39)45-29(19)57)10-72-82(65,66)77-25-13(7-69-80(61)62)74-32(22(25)54)48-6-3-18(51)43-37(48)60/h1-6,11-15,20-27,30-33,52-56H,7-10H2,(H10-,38,39,41,42,43,44,45,50,51,57,58,59,60,61,62,63,64,65,66,67,68)/p+1/t12-,13-,14-,15-,20-,21-,22-,23-,24-,25-,26-,27-,30-,31-,32-,33-/m1/s1. The highest BCUT2D eigenvalue weighted by Gasteiger charge is 2.55. The van der Waals surface area contributed by atoms with Crippen molar-refractivity contribution in [2.45, 2.75) is 98.2 Å². The molecule has 4 saturated heterocycles. The number of H-pyrrole nitrogens is 3. The highest BCUT2D eigenvalue weighted by atomic mass is 31.2. The van der Waals surface area contributed by atoms with E-state index in [1.165, 1.54) is 0 Å². The van der Waals surface area contributed by atoms with E-state index >= 15 is 0 Å². The zero-order valence-corrected chi connectivity index (χ0v) is 44.9. The minimum absolute atomic E-state index is 0.308. The topological polar surface area (TPSA) is 612 Å². The Bertz CT molecular complexity index is 3760. The van der Waals surface area contributed by atoms with Crippen LogP contribution in [0.15, 0.2) is 71.9 Å². The van der Waals surface area contributed by atoms with Gasteiger partial charge in [0.1, 0.15) is 85.7 Å². The van der Waals surface area contributed by atoms with Crippen LogP contribution in [0.5, 0.6) is 0 Å². The molecule has 0 aliphatic carbocycles. The lowest BCUT2D eigenvalue weighted by molar-refractivity contribution is -0.0650. The van der Waals surface area contributed by atoms with Crippen LogP contribution in [0.25, 0.3) is 11.2 Å². The number of nitrogens with zero attached hydrogens (tertiary/aromatic N) is 7. The molecule has 0 bridgehead atoms. The zero-order chi connectivity index (χ0) is 60.2. The van der Waals surface area contributed by atoms with E-state index in [2.05, 4.69) is 24.5 Å². The van der Waals surface area contributed by atoms with Crippen molar-refractivity contribution in [3.63, 3.8) is 0 Å². The molecule has 20 atom stereocenters. The largest absolute Gasteiger partial charge is 0.694 e. The third kappa shape index (κ3) is 13.5. The summed E-state index contributed by atoms with van der Waals surface area (Å²) < 4.78 is 114. The molecular formula is C37H47N12O30P4+. The minimum Gasteiger partial charge on any atom is -0.387 e. The molecule has 9 rings (SSSR count). The molecule has 0 radical (unpaired) electrons. The van der Waals surface area contributed by atoms with Gasteiger partial charge in [0.2, 0.25) is 5.95 Å². The molecule has 4 unspecified atom stereocenters. The van der Waals surface area contributed by atoms with Gasteiger partial charge in [-0.05, 0) is 6.07 Å². The monoisotopic (exact) mass is 1260 g/mol. The van der Waals surface area contributed by atoms with Crippen LogP contribution in [0.2, 0.25) is 0 Å². The maximum absolute atomic E-state index is 14.0. The van der Waals surface area contributed by atoms with E-state index in [-0.39, 0.29) is 17.0 Å². The van der Waals surface area contributed by atoms with E-state index in [0.717, 1.165) is 47.7 Å². The third-order valence-corrected chi connectivity index (χ3v) is 16.0. The summed E-state index contributed by atoms with van der Waals surface area (Å²) in [6.45, 7) is -4.66. The molecule has 42 nitrogen and oxygen atoms in total. The summed E-state index contributed by atoms with van der Waals surface area (Å²) in [5.41, 5.74) is 4.60. The molecule has 0 amide bonds. The lowest BCUT2D eigenvalue weighted by atomic mass is 10.1. The molecule has 0 aromatic carbocycles. The van der Waals surface area contributed by atoms with Crippen LogP contribution in [0.4, 0.5) is 11.8 Å². The van der Waals surface area contributed by atoms with Gasteiger partial charge in [0.25, 0.3) is 16.7 Å². The summed E-state index contributed by atoms with van der Waals surface area (Å²) in [7, 11) is -20.4. The zero-order valence-electron chi connectivity index (χ0n) is 41.3. The number of rotatable bonds is 22. The van der Waals surface area contributed by atoms with Crippen molar-refractivity contribution in [1.82, 2.24) is 48.2 Å². The molecule has 0 saturated carbocycles. The molecule has 454 valence electrons. The van der Waals surface area contributed by atoms with Crippen molar-refractivity contribution >= 4 is 54.7 Å². The fourth-order valence-corrected chi connectivity index (χ4v) is 12.1. The van der Waals surface area contributed by atoms with Crippen LogP contribution in [-0.4, -0.2) is 193 Å². The van der Waals surface area contributed by atoms with Crippen molar-refractivity contribution in [2.24, 2.45) is 0 Å². The smallest absolute Gasteiger partial charge is 0.387 e. The van der Waals surface area contributed by atoms with Gasteiger partial charge in [0, 0.05) is 35.3 Å². The number of phosphoric ester groups is 3. The number of nitrogen functional groups attached to an aromatic ring is 2. The Labute approximate surface area is 457 Å². The molecule has 4 fully saturated rings. The second kappa shape index (κ2) is 24.3. The van der Waals surface area contributed by atoms with Gasteiger partial charge in [0.05, 0.1) is 26.1 Å². The molecule has 5 aromatic rings. The summed E-state index contributed by atoms with van der Waals surface area (Å²) in [6, 6.07) is 2.81. The fourth-order valence-electron chi connectivity index (χ4n) is 8.93. The number of hydrogen-bond acceptors (Lipinski definition) is 31. The van der Waals surface area contributed by atoms with Crippen molar-refractivity contribution in [2.75, 3.05) is 37.9 Å². The summed E-state index contributed by atoms with van der Waals surface area (Å²) in [5, 5.41) is 55.7. The van der Waals surface area contributed by atoms with E-state index < -0.39 is 196 Å². The number of aromatic nitrogens is 10. The number of fused-ring (bicyclic) bond motifs is 1. The summed E-state index contributed by atoms with van der Waals surface area (Å²) in [6.07, 6.45) is -28.1. The molecular weight excluding hydrogens is 1220 g/mol. The Kier molecular flexibility index (Phi) is 18.1. The number of nitrogens with two attached hydrogens (primary N) is 2. The third-order valence-electron chi connectivity index (χ3n) is 12.7. The molecule has 83 heavy (non-hydrogen) atoms. The van der Waals surface area contributed by atoms with Crippen LogP contribution in [0, 0.1) is 0 Å². The van der Waals surface area contributed by atoms with Gasteiger partial charge in [0.15, 0.2) is 36.1 Å². The SMILES string of the molecule is Nc1ccn([C@@H]2O[C@H](COP(=O)(O)O[C@H]3[C@@H](O)[C@H](n4cnc5c(=O)[nH]c(N)nc54)O[C@@H]3COP(=O)(O)O[C@H]3[C@@H](O)[C@H](n4ccc(=O)[nH]c4=O)O[C@@H]3CO[P+](=O)O)[C@@H](OP(=O)(O)OC[C@H]3O[C@@H](n4ccc(=O)[nH]c4=O)[C@H](O)[C@@H]3O)[C@H]2O)c(=O)n1. The normalized spacial score (nSPS) is 32.4. The molecule has 46 heteroatoms. The molecule has 16 N–H and O–H groups in total. The van der Waals surface area contributed by atoms with Gasteiger partial charge in [-0.3, -0.25) is 74.7 Å². The Hall–Kier alpha value is -5.82. The molecule has 4 aliphatic heterocycles. The number of hydrogen-bond donors (Lipinski definition) is 14. The first-order valence-corrected chi connectivity index (χ1v) is 29.1. The van der Waals surface area contributed by atoms with Crippen LogP contribution in [-0.2, 0) is 68.9 Å². The Balaban J connectivity index is 0.936. The minimum atomic E-state index is -5.80. The van der Waals surface area contributed by atoms with Gasteiger partial charge in [-0.25, -0.2) is 33.1 Å². The van der Waals surface area contributed by atoms with E-state index in [9.17, 15) is 92.1 Å². The Morgan fingerprint density at radius 1 is 0.566 bits per heavy atom. The van der Waals surface area contributed by atoms with Gasteiger partial charge >= 0.3 is 48.8 Å². The highest BCUT2D eigenvalue weighted by molar-refractivity contribution is 7.48. The average molecular weight is 1260 g/mol. The van der Waals surface area contributed by atoms with Crippen LogP contribution in [0.3, 0.4) is 0 Å². The van der Waals surface area contributed by atoms with Crippen molar-refractivity contribution in [3.8, 4) is 0 Å². The predicted octanol–water partition coefficient (Wildman–Crippen LogP) is -6.79. The number of aliphatic hydroxyl groups is 5. The van der Waals surface area contributed by atoms with Crippen LogP contribution < -0.4 is 45.2 Å². The predicted molar refractivity (Wildman–Crippen MR) is 262 cm³/mol. The first-order chi connectivity index (χ1) is 39.0. The van der Waals surface area contributed by atoms with E-state index in [4.69, 9.17) is 57.6 Å². The van der Waals surface area contributed by atoms with E-state index in [0.29, 0.717) is 13.7 Å². The van der Waals surface area contributed by atoms with E-state index in [1.54, 1.807) is 0 Å². The Morgan fingerprint density at radius 2 is 0.988 bits per heavy atom. The second-order valence-electron chi connectivity index (χ2n) is 18.1. The quantitative estimate of drug-likeness (QED) is 0.0286. The first kappa shape index (κ1) is 61.7. The van der Waals surface area contributed by atoms with Crippen molar-refractivity contribution in [1.29, 1.82) is 0 Å². The highest BCUT2D eigenvalue weighted by Crippen LogP contribution is 2.54. The number of imidazole rings is 1. The van der Waals surface area contributed by atoms with Gasteiger partial charge in [-0.2, -0.15) is 9.97 Å². The fraction of sp³-hybridized carbons (Fsp3) is 0.541. The number of nitrogens with one attached hydrogen (secondary N) is 3. The molecule has 9 heterocycles. The summed E-state index contributed by atoms with van der Waals surface area (Å²) in [4.78, 5) is 134. The molecule has 0 spiro atoms. The van der Waals surface area contributed by atoms with Gasteiger partial charge in [-0.1, -0.05) is 0 Å². The maximum Gasteiger partial charge on any atom is 0.694 e. The summed E-state index contributed by atoms with van der Waals surface area (Å²) >= 11 is 0. The number of ether oxygens (including phenoxy) is 4. The maximum atomic E-state index is 14.0. The number of anilines is 2.